The number of hydrogen-bond acceptors (Lipinski definition) is 10. The van der Waals surface area contributed by atoms with Crippen LogP contribution in [0.3, 0.4) is 0 Å². The van der Waals surface area contributed by atoms with Gasteiger partial charge in [0.05, 0.1) is 11.1 Å². The van der Waals surface area contributed by atoms with Crippen molar-refractivity contribution in [3.63, 3.8) is 0 Å². The molecule has 0 heterocycles. The number of ether oxygens (including phenoxy) is 3. The first-order valence-electron chi connectivity index (χ1n) is 11.0. The van der Waals surface area contributed by atoms with Crippen molar-refractivity contribution in [3.8, 4) is 11.5 Å². The second-order valence-corrected chi connectivity index (χ2v) is 8.74. The van der Waals surface area contributed by atoms with Gasteiger partial charge < -0.3 is 19.3 Å². The number of aromatic hydroxyl groups is 1. The SMILES string of the molecule is CC(=O)Oc1c2c(c(O)c3c1C(=O)c1ccccc1C3=O)C(OC(C)=O)CC(OC(C)=O)(C(C)=O)C2. The zero-order valence-electron chi connectivity index (χ0n) is 19.9. The van der Waals surface area contributed by atoms with Crippen LogP contribution < -0.4 is 4.74 Å². The van der Waals surface area contributed by atoms with Crippen molar-refractivity contribution in [2.24, 2.45) is 0 Å². The van der Waals surface area contributed by atoms with Crippen molar-refractivity contribution >= 4 is 35.3 Å². The lowest BCUT2D eigenvalue weighted by atomic mass is 9.72. The van der Waals surface area contributed by atoms with Gasteiger partial charge in [0.1, 0.15) is 17.6 Å². The summed E-state index contributed by atoms with van der Waals surface area (Å²) < 4.78 is 16.2. The Labute approximate surface area is 205 Å². The summed E-state index contributed by atoms with van der Waals surface area (Å²) in [6.45, 7) is 4.44. The third kappa shape index (κ3) is 3.84. The van der Waals surface area contributed by atoms with Gasteiger partial charge in [0.25, 0.3) is 0 Å². The zero-order valence-corrected chi connectivity index (χ0v) is 19.9. The highest BCUT2D eigenvalue weighted by Crippen LogP contribution is 2.52. The van der Waals surface area contributed by atoms with E-state index < -0.39 is 64.7 Å². The first-order valence-corrected chi connectivity index (χ1v) is 11.0. The first kappa shape index (κ1) is 24.8. The minimum atomic E-state index is -1.85. The maximum Gasteiger partial charge on any atom is 0.308 e. The third-order valence-corrected chi connectivity index (χ3v) is 6.27. The molecule has 0 amide bonds. The van der Waals surface area contributed by atoms with Crippen LogP contribution in [-0.4, -0.2) is 46.0 Å². The monoisotopic (exact) mass is 494 g/mol. The molecule has 36 heavy (non-hydrogen) atoms. The van der Waals surface area contributed by atoms with E-state index in [1.54, 1.807) is 12.1 Å². The van der Waals surface area contributed by atoms with Crippen molar-refractivity contribution in [2.45, 2.75) is 52.2 Å². The Hall–Kier alpha value is -4.34. The normalized spacial score (nSPS) is 19.9. The zero-order chi connectivity index (χ0) is 26.5. The summed E-state index contributed by atoms with van der Waals surface area (Å²) in [6.07, 6.45) is -2.13. The van der Waals surface area contributed by atoms with E-state index in [4.69, 9.17) is 14.2 Å². The maximum absolute atomic E-state index is 13.5. The highest BCUT2D eigenvalue weighted by Gasteiger charge is 2.51. The van der Waals surface area contributed by atoms with Crippen molar-refractivity contribution in [2.75, 3.05) is 0 Å². The molecule has 0 spiro atoms. The Balaban J connectivity index is 2.11. The van der Waals surface area contributed by atoms with Gasteiger partial charge in [0.15, 0.2) is 23.0 Å². The average molecular weight is 494 g/mol. The second kappa shape index (κ2) is 8.71. The van der Waals surface area contributed by atoms with Crippen LogP contribution in [0.1, 0.15) is 83.2 Å². The number of Topliss-reactive ketones (excluding diaryl/α,β-unsaturated/α-hetero) is 1. The molecule has 0 bridgehead atoms. The van der Waals surface area contributed by atoms with E-state index in [0.29, 0.717) is 0 Å². The van der Waals surface area contributed by atoms with Gasteiger partial charge in [-0.05, 0) is 6.92 Å². The van der Waals surface area contributed by atoms with E-state index in [9.17, 15) is 33.9 Å². The van der Waals surface area contributed by atoms with Gasteiger partial charge in [0, 0.05) is 55.9 Å². The molecule has 0 aliphatic heterocycles. The Morgan fingerprint density at radius 1 is 0.889 bits per heavy atom. The number of ketones is 3. The van der Waals surface area contributed by atoms with E-state index >= 15 is 0 Å². The van der Waals surface area contributed by atoms with E-state index in [-0.39, 0.29) is 40.0 Å². The van der Waals surface area contributed by atoms with Crippen LogP contribution in [0.25, 0.3) is 0 Å². The maximum atomic E-state index is 13.5. The number of benzene rings is 2. The molecule has 4 rings (SSSR count). The Kier molecular flexibility index (Phi) is 5.99. The van der Waals surface area contributed by atoms with E-state index in [1.807, 2.05) is 0 Å². The number of phenolic OH excluding ortho intramolecular Hbond substituents is 1. The molecule has 0 saturated carbocycles. The van der Waals surface area contributed by atoms with Gasteiger partial charge >= 0.3 is 17.9 Å². The predicted molar refractivity (Wildman–Crippen MR) is 121 cm³/mol. The van der Waals surface area contributed by atoms with Gasteiger partial charge in [-0.2, -0.15) is 0 Å². The summed E-state index contributed by atoms with van der Waals surface area (Å²) in [5, 5.41) is 11.3. The third-order valence-electron chi connectivity index (χ3n) is 6.27. The summed E-state index contributed by atoms with van der Waals surface area (Å²) in [5.74, 6) is -5.43. The summed E-state index contributed by atoms with van der Waals surface area (Å²) in [4.78, 5) is 75.8. The number of phenols is 1. The first-order chi connectivity index (χ1) is 16.9. The lowest BCUT2D eigenvalue weighted by Crippen LogP contribution is -2.48. The van der Waals surface area contributed by atoms with Crippen LogP contribution in [-0.2, 0) is 35.1 Å². The van der Waals surface area contributed by atoms with Crippen LogP contribution in [0.5, 0.6) is 11.5 Å². The molecule has 186 valence electrons. The standard InChI is InChI=1S/C26H22O10/c1-11(27)26(36-14(4)30)9-17-19(18(10-26)34-12(2)28)24(33)20-21(25(17)35-13(3)29)23(32)16-8-6-5-7-15(16)22(20)31/h5-8,18,33H,9-10H2,1-4H3. The van der Waals surface area contributed by atoms with E-state index in [1.165, 1.54) is 19.1 Å². The molecule has 0 fully saturated rings. The van der Waals surface area contributed by atoms with Crippen molar-refractivity contribution in [3.05, 3.63) is 57.6 Å². The van der Waals surface area contributed by atoms with Crippen LogP contribution >= 0.6 is 0 Å². The van der Waals surface area contributed by atoms with E-state index in [2.05, 4.69) is 0 Å². The topological polar surface area (TPSA) is 150 Å². The van der Waals surface area contributed by atoms with Gasteiger partial charge in [-0.15, -0.1) is 0 Å². The molecule has 2 aromatic rings. The molecule has 2 aromatic carbocycles. The van der Waals surface area contributed by atoms with Gasteiger partial charge in [-0.1, -0.05) is 24.3 Å². The minimum absolute atomic E-state index is 0.0351. The Morgan fingerprint density at radius 2 is 1.47 bits per heavy atom. The fourth-order valence-corrected chi connectivity index (χ4v) is 4.90. The summed E-state index contributed by atoms with van der Waals surface area (Å²) >= 11 is 0. The highest BCUT2D eigenvalue weighted by atomic mass is 16.6. The molecule has 2 atom stereocenters. The molecule has 0 radical (unpaired) electrons. The smallest absolute Gasteiger partial charge is 0.308 e. The summed E-state index contributed by atoms with van der Waals surface area (Å²) in [7, 11) is 0. The summed E-state index contributed by atoms with van der Waals surface area (Å²) in [5.41, 5.74) is -2.72. The number of carbonyl (C=O) groups excluding carboxylic acids is 6. The van der Waals surface area contributed by atoms with Gasteiger partial charge in [-0.25, -0.2) is 0 Å². The molecular weight excluding hydrogens is 472 g/mol. The molecule has 2 unspecified atom stereocenters. The summed E-state index contributed by atoms with van der Waals surface area (Å²) in [6, 6.07) is 5.96. The second-order valence-electron chi connectivity index (χ2n) is 8.74. The number of fused-ring (bicyclic) bond motifs is 3. The van der Waals surface area contributed by atoms with Crippen LogP contribution in [0.4, 0.5) is 0 Å². The number of esters is 3. The van der Waals surface area contributed by atoms with Crippen molar-refractivity contribution < 1.29 is 48.1 Å². The van der Waals surface area contributed by atoms with Crippen molar-refractivity contribution in [1.29, 1.82) is 0 Å². The molecule has 2 aliphatic rings. The molecular formula is C26H22O10. The average Bonchev–Trinajstić information content (AvgIpc) is 2.77. The lowest BCUT2D eigenvalue weighted by molar-refractivity contribution is -0.173. The quantitative estimate of drug-likeness (QED) is 0.423. The predicted octanol–water partition coefficient (Wildman–Crippen LogP) is 2.53. The molecule has 0 aromatic heterocycles. The van der Waals surface area contributed by atoms with Gasteiger partial charge in [0.2, 0.25) is 0 Å². The van der Waals surface area contributed by atoms with Crippen LogP contribution in [0, 0.1) is 0 Å². The van der Waals surface area contributed by atoms with Crippen molar-refractivity contribution in [1.82, 2.24) is 0 Å². The largest absolute Gasteiger partial charge is 0.507 e. The number of hydrogen-bond donors (Lipinski definition) is 1. The van der Waals surface area contributed by atoms with Crippen LogP contribution in [0.2, 0.25) is 0 Å². The Bertz CT molecular complexity index is 1390. The highest BCUT2D eigenvalue weighted by molar-refractivity contribution is 6.30. The Morgan fingerprint density at radius 3 is 1.97 bits per heavy atom. The molecule has 10 heteroatoms. The molecule has 2 aliphatic carbocycles. The van der Waals surface area contributed by atoms with Gasteiger partial charge in [-0.3, -0.25) is 28.8 Å². The van der Waals surface area contributed by atoms with Crippen LogP contribution in [0.15, 0.2) is 24.3 Å². The van der Waals surface area contributed by atoms with E-state index in [0.717, 1.165) is 20.8 Å². The lowest BCUT2D eigenvalue weighted by Gasteiger charge is -2.40. The number of rotatable bonds is 4. The fourth-order valence-electron chi connectivity index (χ4n) is 4.90. The molecule has 1 N–H and O–H groups in total. The number of carbonyl (C=O) groups is 6. The fraction of sp³-hybridized carbons (Fsp3) is 0.308. The minimum Gasteiger partial charge on any atom is -0.507 e. The molecule has 10 nitrogen and oxygen atoms in total. The molecule has 0 saturated heterocycles.